The third-order valence-corrected chi connectivity index (χ3v) is 4.66. The van der Waals surface area contributed by atoms with Crippen LogP contribution in [0.1, 0.15) is 57.8 Å². The Balaban J connectivity index is 1.74. The maximum absolute atomic E-state index is 12.2. The van der Waals surface area contributed by atoms with Crippen molar-refractivity contribution in [2.75, 3.05) is 13.6 Å². The molecule has 2 fully saturated rings. The van der Waals surface area contributed by atoms with Crippen molar-refractivity contribution in [1.29, 1.82) is 0 Å². The maximum atomic E-state index is 12.2. The van der Waals surface area contributed by atoms with Crippen molar-refractivity contribution in [3.63, 3.8) is 0 Å². The van der Waals surface area contributed by atoms with Crippen molar-refractivity contribution in [2.24, 2.45) is 5.92 Å². The van der Waals surface area contributed by atoms with Crippen LogP contribution in [0.3, 0.4) is 0 Å². The zero-order valence-corrected chi connectivity index (χ0v) is 12.1. The zero-order valence-electron chi connectivity index (χ0n) is 12.1. The summed E-state index contributed by atoms with van der Waals surface area (Å²) in [6.07, 6.45) is 10.1. The van der Waals surface area contributed by atoms with Crippen LogP contribution in [0.2, 0.25) is 0 Å². The molecule has 0 bridgehead atoms. The Hall–Kier alpha value is -0.770. The average molecular weight is 268 g/mol. The van der Waals surface area contributed by atoms with Crippen LogP contribution in [-0.4, -0.2) is 41.8 Å². The van der Waals surface area contributed by atoms with Crippen molar-refractivity contribution in [1.82, 2.24) is 10.2 Å². The number of hydrogen-bond acceptors (Lipinski definition) is 2. The quantitative estimate of drug-likeness (QED) is 0.773. The minimum Gasteiger partial charge on any atom is -0.393 e. The highest BCUT2D eigenvalue weighted by atomic mass is 16.3. The van der Waals surface area contributed by atoms with Gasteiger partial charge in [-0.3, -0.25) is 0 Å². The molecule has 2 atom stereocenters. The summed E-state index contributed by atoms with van der Waals surface area (Å²) in [4.78, 5) is 13.9. The van der Waals surface area contributed by atoms with Crippen molar-refractivity contribution in [3.05, 3.63) is 0 Å². The molecule has 4 nitrogen and oxygen atoms in total. The molecular formula is C15H28N2O2. The van der Waals surface area contributed by atoms with Gasteiger partial charge in [0.2, 0.25) is 0 Å². The molecule has 19 heavy (non-hydrogen) atoms. The number of aliphatic hydroxyl groups excluding tert-OH is 1. The minimum absolute atomic E-state index is 0.0333. The molecule has 0 heterocycles. The highest BCUT2D eigenvalue weighted by Crippen LogP contribution is 2.26. The first-order chi connectivity index (χ1) is 9.16. The van der Waals surface area contributed by atoms with Crippen LogP contribution < -0.4 is 5.32 Å². The van der Waals surface area contributed by atoms with Gasteiger partial charge >= 0.3 is 6.03 Å². The van der Waals surface area contributed by atoms with Gasteiger partial charge in [0.15, 0.2) is 0 Å². The fourth-order valence-corrected chi connectivity index (χ4v) is 3.37. The summed E-state index contributed by atoms with van der Waals surface area (Å²) in [7, 11) is 1.84. The smallest absolute Gasteiger partial charge is 0.317 e. The van der Waals surface area contributed by atoms with Gasteiger partial charge in [-0.15, -0.1) is 0 Å². The molecule has 2 aliphatic carbocycles. The topological polar surface area (TPSA) is 52.6 Å². The summed E-state index contributed by atoms with van der Waals surface area (Å²) in [5, 5.41) is 13.0. The molecule has 2 amide bonds. The molecule has 0 spiro atoms. The fraction of sp³-hybridized carbons (Fsp3) is 0.933. The van der Waals surface area contributed by atoms with E-state index in [4.69, 9.17) is 0 Å². The van der Waals surface area contributed by atoms with Crippen LogP contribution in [0.25, 0.3) is 0 Å². The molecule has 0 saturated heterocycles. The first-order valence-electron chi connectivity index (χ1n) is 7.86. The molecule has 2 unspecified atom stereocenters. The SMILES string of the molecule is CN(CC1CCCC1O)C(=O)NC1CCCCCC1. The van der Waals surface area contributed by atoms with Crippen molar-refractivity contribution >= 4 is 6.03 Å². The van der Waals surface area contributed by atoms with E-state index in [-0.39, 0.29) is 18.1 Å². The van der Waals surface area contributed by atoms with E-state index in [0.29, 0.717) is 12.6 Å². The van der Waals surface area contributed by atoms with Gasteiger partial charge in [0.25, 0.3) is 0 Å². The van der Waals surface area contributed by atoms with Gasteiger partial charge < -0.3 is 15.3 Å². The number of carbonyl (C=O) groups excluding carboxylic acids is 1. The normalized spacial score (nSPS) is 28.9. The summed E-state index contributed by atoms with van der Waals surface area (Å²) in [6.45, 7) is 0.680. The largest absolute Gasteiger partial charge is 0.393 e. The van der Waals surface area contributed by atoms with Crippen molar-refractivity contribution in [3.8, 4) is 0 Å². The van der Waals surface area contributed by atoms with Crippen LogP contribution in [0.5, 0.6) is 0 Å². The third-order valence-electron chi connectivity index (χ3n) is 4.66. The summed E-state index contributed by atoms with van der Waals surface area (Å²) in [5.74, 6) is 0.268. The zero-order chi connectivity index (χ0) is 13.7. The Morgan fingerprint density at radius 3 is 2.37 bits per heavy atom. The van der Waals surface area contributed by atoms with E-state index in [2.05, 4.69) is 5.32 Å². The Kier molecular flexibility index (Phi) is 5.49. The Bertz CT molecular complexity index is 288. The second kappa shape index (κ2) is 7.13. The second-order valence-electron chi connectivity index (χ2n) is 6.28. The third kappa shape index (κ3) is 4.37. The van der Waals surface area contributed by atoms with Gasteiger partial charge in [-0.25, -0.2) is 4.79 Å². The standard InChI is InChI=1S/C15H28N2O2/c1-17(11-12-7-6-10-14(12)18)15(19)16-13-8-4-2-3-5-9-13/h12-14,18H,2-11H2,1H3,(H,16,19). The van der Waals surface area contributed by atoms with Crippen LogP contribution in [-0.2, 0) is 0 Å². The Morgan fingerprint density at radius 1 is 1.11 bits per heavy atom. The van der Waals surface area contributed by atoms with Crippen LogP contribution in [0.4, 0.5) is 4.79 Å². The molecule has 4 heteroatoms. The lowest BCUT2D eigenvalue weighted by molar-refractivity contribution is 0.113. The molecule has 0 aromatic carbocycles. The first-order valence-corrected chi connectivity index (χ1v) is 7.86. The molecule has 2 rings (SSSR count). The molecule has 2 aliphatic rings. The first kappa shape index (κ1) is 14.6. The number of hydrogen-bond donors (Lipinski definition) is 2. The van der Waals surface area contributed by atoms with E-state index in [1.165, 1.54) is 25.7 Å². The van der Waals surface area contributed by atoms with E-state index < -0.39 is 0 Å². The van der Waals surface area contributed by atoms with Gasteiger partial charge in [-0.2, -0.15) is 0 Å². The number of carbonyl (C=O) groups is 1. The van der Waals surface area contributed by atoms with Gasteiger partial charge in [-0.05, 0) is 25.7 Å². The molecule has 0 radical (unpaired) electrons. The summed E-state index contributed by atoms with van der Waals surface area (Å²) in [5.41, 5.74) is 0. The number of rotatable bonds is 3. The van der Waals surface area contributed by atoms with E-state index in [9.17, 15) is 9.90 Å². The monoisotopic (exact) mass is 268 g/mol. The molecule has 2 saturated carbocycles. The van der Waals surface area contributed by atoms with E-state index >= 15 is 0 Å². The minimum atomic E-state index is -0.215. The highest BCUT2D eigenvalue weighted by molar-refractivity contribution is 5.74. The number of aliphatic hydroxyl groups is 1. The lowest BCUT2D eigenvalue weighted by Crippen LogP contribution is -2.45. The number of nitrogens with one attached hydrogen (secondary N) is 1. The molecule has 0 aromatic rings. The summed E-state index contributed by atoms with van der Waals surface area (Å²) >= 11 is 0. The molecule has 110 valence electrons. The van der Waals surface area contributed by atoms with Gasteiger partial charge in [0, 0.05) is 25.6 Å². The summed E-state index contributed by atoms with van der Waals surface area (Å²) in [6, 6.07) is 0.386. The predicted octanol–water partition coefficient (Wildman–Crippen LogP) is 2.51. The van der Waals surface area contributed by atoms with E-state index in [0.717, 1.165) is 32.1 Å². The maximum Gasteiger partial charge on any atom is 0.317 e. The molecule has 0 aliphatic heterocycles. The van der Waals surface area contributed by atoms with Gasteiger partial charge in [0.05, 0.1) is 6.10 Å². The fourth-order valence-electron chi connectivity index (χ4n) is 3.37. The van der Waals surface area contributed by atoms with Crippen LogP contribution >= 0.6 is 0 Å². The molecular weight excluding hydrogens is 240 g/mol. The van der Waals surface area contributed by atoms with Gasteiger partial charge in [-0.1, -0.05) is 32.1 Å². The van der Waals surface area contributed by atoms with Crippen LogP contribution in [0.15, 0.2) is 0 Å². The van der Waals surface area contributed by atoms with Crippen LogP contribution in [0, 0.1) is 5.92 Å². The Morgan fingerprint density at radius 2 is 1.79 bits per heavy atom. The second-order valence-corrected chi connectivity index (χ2v) is 6.28. The van der Waals surface area contributed by atoms with E-state index in [1.54, 1.807) is 4.90 Å². The number of amides is 2. The summed E-state index contributed by atoms with van der Waals surface area (Å²) < 4.78 is 0. The average Bonchev–Trinajstić information content (AvgIpc) is 2.65. The Labute approximate surface area is 116 Å². The lowest BCUT2D eigenvalue weighted by atomic mass is 10.1. The predicted molar refractivity (Wildman–Crippen MR) is 76.0 cm³/mol. The van der Waals surface area contributed by atoms with Crippen molar-refractivity contribution in [2.45, 2.75) is 69.9 Å². The number of urea groups is 1. The molecule has 2 N–H and O–H groups in total. The highest BCUT2D eigenvalue weighted by Gasteiger charge is 2.28. The number of nitrogens with zero attached hydrogens (tertiary/aromatic N) is 1. The van der Waals surface area contributed by atoms with Gasteiger partial charge in [0.1, 0.15) is 0 Å². The van der Waals surface area contributed by atoms with Crippen molar-refractivity contribution < 1.29 is 9.90 Å². The lowest BCUT2D eigenvalue weighted by Gasteiger charge is -2.26. The molecule has 0 aromatic heterocycles. The van der Waals surface area contributed by atoms with E-state index in [1.807, 2.05) is 7.05 Å².